The van der Waals surface area contributed by atoms with Crippen LogP contribution in [0.25, 0.3) is 0 Å². The number of halogens is 3. The Morgan fingerprint density at radius 3 is 2.66 bits per heavy atom. The normalized spacial score (nSPS) is 22.5. The molecule has 0 aliphatic carbocycles. The number of piperidine rings is 2. The second-order valence-corrected chi connectivity index (χ2v) is 8.16. The van der Waals surface area contributed by atoms with Gasteiger partial charge in [0.05, 0.1) is 18.2 Å². The van der Waals surface area contributed by atoms with Gasteiger partial charge in [0.2, 0.25) is 5.91 Å². The standard InChI is InChI=1S/C21H31F3N4O/c22-21(23,24)9-4-11-27-13-7-19(8-14-27)28-12-3-5-17(16-28)20(29)26-15-18-6-1-2-10-25-18/h1-2,6,10,17,19H,3-5,7-9,11-16H2,(H,26,29)/t17-/m0/s1. The SMILES string of the molecule is O=C(NCc1ccccn1)[C@H]1CCCN(C2CCN(CCCC(F)(F)F)CC2)C1. The van der Waals surface area contributed by atoms with Crippen LogP contribution in [0, 0.1) is 5.92 Å². The Hall–Kier alpha value is -1.67. The van der Waals surface area contributed by atoms with Crippen LogP contribution in [0.5, 0.6) is 0 Å². The van der Waals surface area contributed by atoms with Crippen LogP contribution in [0.3, 0.4) is 0 Å². The lowest BCUT2D eigenvalue weighted by Crippen LogP contribution is -2.50. The second kappa shape index (κ2) is 10.4. The van der Waals surface area contributed by atoms with Gasteiger partial charge >= 0.3 is 6.18 Å². The summed E-state index contributed by atoms with van der Waals surface area (Å²) in [5.41, 5.74) is 0.853. The average molecular weight is 413 g/mol. The number of hydrogen-bond donors (Lipinski definition) is 1. The summed E-state index contributed by atoms with van der Waals surface area (Å²) in [6.45, 7) is 4.43. The first-order chi connectivity index (χ1) is 13.9. The summed E-state index contributed by atoms with van der Waals surface area (Å²) in [4.78, 5) is 21.4. The van der Waals surface area contributed by atoms with Gasteiger partial charge in [-0.2, -0.15) is 13.2 Å². The molecule has 0 saturated carbocycles. The largest absolute Gasteiger partial charge is 0.389 e. The second-order valence-electron chi connectivity index (χ2n) is 8.16. The highest BCUT2D eigenvalue weighted by molar-refractivity contribution is 5.78. The fraction of sp³-hybridized carbons (Fsp3) is 0.714. The highest BCUT2D eigenvalue weighted by atomic mass is 19.4. The van der Waals surface area contributed by atoms with Crippen molar-refractivity contribution in [1.29, 1.82) is 0 Å². The van der Waals surface area contributed by atoms with Crippen molar-refractivity contribution in [2.75, 3.05) is 32.7 Å². The minimum Gasteiger partial charge on any atom is -0.350 e. The van der Waals surface area contributed by atoms with Crippen molar-refractivity contribution >= 4 is 5.91 Å². The Balaban J connectivity index is 1.39. The number of carbonyl (C=O) groups is 1. The lowest BCUT2D eigenvalue weighted by atomic mass is 9.93. The molecule has 1 atom stereocenters. The van der Waals surface area contributed by atoms with Gasteiger partial charge in [0, 0.05) is 25.2 Å². The molecule has 0 spiro atoms. The number of amides is 1. The van der Waals surface area contributed by atoms with Gasteiger partial charge in [-0.1, -0.05) is 6.07 Å². The lowest BCUT2D eigenvalue weighted by molar-refractivity contribution is -0.136. The zero-order chi connectivity index (χ0) is 20.7. The molecule has 0 aromatic carbocycles. The van der Waals surface area contributed by atoms with Crippen LogP contribution in [0.4, 0.5) is 13.2 Å². The third-order valence-corrected chi connectivity index (χ3v) is 6.00. The van der Waals surface area contributed by atoms with Crippen molar-refractivity contribution in [2.45, 2.75) is 57.3 Å². The van der Waals surface area contributed by atoms with E-state index in [1.807, 2.05) is 18.2 Å². The molecule has 2 aliphatic rings. The van der Waals surface area contributed by atoms with E-state index in [1.165, 1.54) is 0 Å². The first-order valence-corrected chi connectivity index (χ1v) is 10.6. The van der Waals surface area contributed by atoms with Gasteiger partial charge in [0.25, 0.3) is 0 Å². The Kier molecular flexibility index (Phi) is 7.89. The molecule has 0 bridgehead atoms. The maximum absolute atomic E-state index is 12.6. The average Bonchev–Trinajstić information content (AvgIpc) is 2.72. The van der Waals surface area contributed by atoms with Crippen LogP contribution < -0.4 is 5.32 Å². The zero-order valence-electron chi connectivity index (χ0n) is 16.8. The summed E-state index contributed by atoms with van der Waals surface area (Å²) in [5, 5.41) is 3.01. The number of nitrogens with one attached hydrogen (secondary N) is 1. The van der Waals surface area contributed by atoms with E-state index in [2.05, 4.69) is 20.1 Å². The molecule has 1 aromatic heterocycles. The highest BCUT2D eigenvalue weighted by Crippen LogP contribution is 2.25. The predicted molar refractivity (Wildman–Crippen MR) is 105 cm³/mol. The third-order valence-electron chi connectivity index (χ3n) is 6.00. The third kappa shape index (κ3) is 7.26. The van der Waals surface area contributed by atoms with Crippen LogP contribution in [0.15, 0.2) is 24.4 Å². The molecule has 3 rings (SSSR count). The maximum Gasteiger partial charge on any atom is 0.389 e. The number of alkyl halides is 3. The summed E-state index contributed by atoms with van der Waals surface area (Å²) in [6.07, 6.45) is 0.985. The molecule has 0 radical (unpaired) electrons. The molecule has 1 N–H and O–H groups in total. The van der Waals surface area contributed by atoms with Crippen LogP contribution in [-0.4, -0.2) is 65.6 Å². The summed E-state index contributed by atoms with van der Waals surface area (Å²) in [6, 6.07) is 6.09. The quantitative estimate of drug-likeness (QED) is 0.747. The topological polar surface area (TPSA) is 48.5 Å². The summed E-state index contributed by atoms with van der Waals surface area (Å²) < 4.78 is 36.9. The van der Waals surface area contributed by atoms with Gasteiger partial charge in [-0.15, -0.1) is 0 Å². The Morgan fingerprint density at radius 2 is 1.97 bits per heavy atom. The molecule has 0 unspecified atom stereocenters. The lowest BCUT2D eigenvalue weighted by Gasteiger charge is -2.42. The molecule has 2 saturated heterocycles. The van der Waals surface area contributed by atoms with Crippen molar-refractivity contribution in [3.63, 3.8) is 0 Å². The number of pyridine rings is 1. The number of nitrogens with zero attached hydrogens (tertiary/aromatic N) is 3. The first kappa shape index (κ1) is 22.0. The zero-order valence-corrected chi connectivity index (χ0v) is 16.8. The van der Waals surface area contributed by atoms with E-state index in [1.54, 1.807) is 6.20 Å². The van der Waals surface area contributed by atoms with E-state index >= 15 is 0 Å². The molecular weight excluding hydrogens is 381 g/mol. The smallest absolute Gasteiger partial charge is 0.350 e. The van der Waals surface area contributed by atoms with Gasteiger partial charge in [0.15, 0.2) is 0 Å². The van der Waals surface area contributed by atoms with Crippen molar-refractivity contribution in [2.24, 2.45) is 5.92 Å². The van der Waals surface area contributed by atoms with Gasteiger partial charge in [-0.25, -0.2) is 0 Å². The van der Waals surface area contributed by atoms with E-state index in [-0.39, 0.29) is 18.2 Å². The molecule has 2 aliphatic heterocycles. The Bertz CT molecular complexity index is 633. The van der Waals surface area contributed by atoms with E-state index in [0.29, 0.717) is 19.1 Å². The predicted octanol–water partition coefficient (Wildman–Crippen LogP) is 3.22. The molecule has 3 heterocycles. The molecule has 162 valence electrons. The van der Waals surface area contributed by atoms with E-state index in [9.17, 15) is 18.0 Å². The first-order valence-electron chi connectivity index (χ1n) is 10.6. The molecule has 2 fully saturated rings. The molecule has 1 amide bonds. The van der Waals surface area contributed by atoms with Gasteiger partial charge in [-0.05, 0) is 70.4 Å². The van der Waals surface area contributed by atoms with Gasteiger partial charge in [-0.3, -0.25) is 14.7 Å². The van der Waals surface area contributed by atoms with Crippen molar-refractivity contribution < 1.29 is 18.0 Å². The minimum atomic E-state index is -4.06. The van der Waals surface area contributed by atoms with E-state index in [0.717, 1.165) is 57.6 Å². The van der Waals surface area contributed by atoms with Crippen LogP contribution >= 0.6 is 0 Å². The molecule has 29 heavy (non-hydrogen) atoms. The number of rotatable bonds is 7. The van der Waals surface area contributed by atoms with Crippen molar-refractivity contribution in [3.05, 3.63) is 30.1 Å². The summed E-state index contributed by atoms with van der Waals surface area (Å²) >= 11 is 0. The van der Waals surface area contributed by atoms with Crippen LogP contribution in [-0.2, 0) is 11.3 Å². The fourth-order valence-corrected chi connectivity index (χ4v) is 4.39. The molecule has 8 heteroatoms. The summed E-state index contributed by atoms with van der Waals surface area (Å²) in [5.74, 6) is 0.0854. The molecular formula is C21H31F3N4O. The van der Waals surface area contributed by atoms with E-state index < -0.39 is 12.6 Å². The van der Waals surface area contributed by atoms with E-state index in [4.69, 9.17) is 0 Å². The Labute approximate surface area is 170 Å². The number of hydrogen-bond acceptors (Lipinski definition) is 4. The van der Waals surface area contributed by atoms with Crippen molar-refractivity contribution in [3.8, 4) is 0 Å². The fourth-order valence-electron chi connectivity index (χ4n) is 4.39. The van der Waals surface area contributed by atoms with Crippen LogP contribution in [0.1, 0.15) is 44.2 Å². The number of carbonyl (C=O) groups excluding carboxylic acids is 1. The van der Waals surface area contributed by atoms with Crippen molar-refractivity contribution in [1.82, 2.24) is 20.1 Å². The number of likely N-dealkylation sites (tertiary alicyclic amines) is 2. The summed E-state index contributed by atoms with van der Waals surface area (Å²) in [7, 11) is 0. The van der Waals surface area contributed by atoms with Gasteiger partial charge in [0.1, 0.15) is 0 Å². The van der Waals surface area contributed by atoms with Gasteiger partial charge < -0.3 is 10.2 Å². The van der Waals surface area contributed by atoms with Crippen LogP contribution in [0.2, 0.25) is 0 Å². The molecule has 5 nitrogen and oxygen atoms in total. The highest BCUT2D eigenvalue weighted by Gasteiger charge is 2.32. The number of aromatic nitrogens is 1. The minimum absolute atomic E-state index is 0.00252. The Morgan fingerprint density at radius 1 is 1.17 bits per heavy atom. The molecule has 1 aromatic rings. The maximum atomic E-state index is 12.6. The monoisotopic (exact) mass is 412 g/mol.